The van der Waals surface area contributed by atoms with E-state index in [9.17, 15) is 14.7 Å². The van der Waals surface area contributed by atoms with Crippen molar-refractivity contribution >= 4 is 11.9 Å². The number of carboxylic acid groups (broad SMARTS) is 1. The Morgan fingerprint density at radius 2 is 2.05 bits per heavy atom. The van der Waals surface area contributed by atoms with Crippen LogP contribution in [0.2, 0.25) is 0 Å². The summed E-state index contributed by atoms with van der Waals surface area (Å²) in [4.78, 5) is 27.6. The highest BCUT2D eigenvalue weighted by Crippen LogP contribution is 2.11. The van der Waals surface area contributed by atoms with Crippen molar-refractivity contribution in [3.63, 3.8) is 0 Å². The molecule has 0 aliphatic carbocycles. The highest BCUT2D eigenvalue weighted by molar-refractivity contribution is 5.95. The van der Waals surface area contributed by atoms with Crippen molar-refractivity contribution in [1.29, 1.82) is 0 Å². The topological polar surface area (TPSA) is 84.2 Å². The molecule has 0 aliphatic rings. The maximum absolute atomic E-state index is 12.3. The summed E-state index contributed by atoms with van der Waals surface area (Å²) in [6.45, 7) is 1.98. The third kappa shape index (κ3) is 3.72. The molecule has 0 saturated carbocycles. The van der Waals surface area contributed by atoms with E-state index < -0.39 is 17.9 Å². The summed E-state index contributed by atoms with van der Waals surface area (Å²) in [6, 6.07) is 8.42. The number of hydrogen-bond acceptors (Lipinski definition) is 3. The summed E-state index contributed by atoms with van der Waals surface area (Å²) in [5, 5.41) is 11.8. The smallest absolute Gasteiger partial charge is 0.326 e. The quantitative estimate of drug-likeness (QED) is 0.821. The van der Waals surface area contributed by atoms with E-state index in [0.29, 0.717) is 12.1 Å². The number of carboxylic acids is 1. The Kier molecular flexibility index (Phi) is 5.30. The molecule has 0 saturated heterocycles. The second-order valence-corrected chi connectivity index (χ2v) is 4.99. The van der Waals surface area contributed by atoms with Gasteiger partial charge in [0.2, 0.25) is 0 Å². The normalized spacial score (nSPS) is 11.9. The SMILES string of the molecule is CCCCC(NC(=O)c1cncn1-c1ccccc1)C(=O)O. The zero-order chi connectivity index (χ0) is 15.9. The molecule has 0 spiro atoms. The number of unbranched alkanes of at least 4 members (excludes halogenated alkanes) is 1. The Balaban J connectivity index is 2.16. The summed E-state index contributed by atoms with van der Waals surface area (Å²) < 4.78 is 1.63. The fourth-order valence-electron chi connectivity index (χ4n) is 2.16. The van der Waals surface area contributed by atoms with Gasteiger partial charge in [0, 0.05) is 5.69 Å². The molecule has 0 aliphatic heterocycles. The van der Waals surface area contributed by atoms with Crippen molar-refractivity contribution in [3.8, 4) is 5.69 Å². The molecule has 1 aromatic heterocycles. The van der Waals surface area contributed by atoms with Crippen molar-refractivity contribution in [2.45, 2.75) is 32.2 Å². The van der Waals surface area contributed by atoms with E-state index in [2.05, 4.69) is 10.3 Å². The van der Waals surface area contributed by atoms with Gasteiger partial charge in [-0.05, 0) is 18.6 Å². The number of carbonyl (C=O) groups is 2. The molecule has 1 aromatic carbocycles. The van der Waals surface area contributed by atoms with E-state index >= 15 is 0 Å². The zero-order valence-electron chi connectivity index (χ0n) is 12.4. The Hall–Kier alpha value is -2.63. The molecule has 1 unspecified atom stereocenters. The van der Waals surface area contributed by atoms with E-state index in [1.54, 1.807) is 4.57 Å². The van der Waals surface area contributed by atoms with E-state index in [1.165, 1.54) is 12.5 Å². The maximum Gasteiger partial charge on any atom is 0.326 e. The predicted octanol–water partition coefficient (Wildman–Crippen LogP) is 2.25. The van der Waals surface area contributed by atoms with Crippen LogP contribution in [0.5, 0.6) is 0 Å². The van der Waals surface area contributed by atoms with Gasteiger partial charge in [-0.15, -0.1) is 0 Å². The highest BCUT2D eigenvalue weighted by atomic mass is 16.4. The maximum atomic E-state index is 12.3. The molecule has 1 atom stereocenters. The van der Waals surface area contributed by atoms with Crippen LogP contribution in [0, 0.1) is 0 Å². The number of rotatable bonds is 7. The van der Waals surface area contributed by atoms with Crippen LogP contribution in [0.4, 0.5) is 0 Å². The highest BCUT2D eigenvalue weighted by Gasteiger charge is 2.22. The van der Waals surface area contributed by atoms with E-state index in [4.69, 9.17) is 0 Å². The average molecular weight is 301 g/mol. The molecule has 2 N–H and O–H groups in total. The van der Waals surface area contributed by atoms with Crippen LogP contribution in [-0.2, 0) is 4.79 Å². The van der Waals surface area contributed by atoms with Gasteiger partial charge in [0.05, 0.1) is 12.5 Å². The van der Waals surface area contributed by atoms with E-state index in [1.807, 2.05) is 37.3 Å². The van der Waals surface area contributed by atoms with Crippen molar-refractivity contribution in [2.24, 2.45) is 0 Å². The van der Waals surface area contributed by atoms with Gasteiger partial charge in [0.25, 0.3) is 5.91 Å². The lowest BCUT2D eigenvalue weighted by atomic mass is 10.1. The van der Waals surface area contributed by atoms with Crippen LogP contribution in [0.25, 0.3) is 5.69 Å². The summed E-state index contributed by atoms with van der Waals surface area (Å²) in [6.07, 6.45) is 5.00. The number of imidazole rings is 1. The molecule has 6 heteroatoms. The van der Waals surface area contributed by atoms with Gasteiger partial charge >= 0.3 is 5.97 Å². The first-order valence-electron chi connectivity index (χ1n) is 7.25. The monoisotopic (exact) mass is 301 g/mol. The van der Waals surface area contributed by atoms with Gasteiger partial charge in [-0.1, -0.05) is 38.0 Å². The minimum atomic E-state index is -1.02. The second-order valence-electron chi connectivity index (χ2n) is 4.99. The number of hydrogen-bond donors (Lipinski definition) is 2. The van der Waals surface area contributed by atoms with Crippen LogP contribution >= 0.6 is 0 Å². The number of amides is 1. The number of benzene rings is 1. The van der Waals surface area contributed by atoms with E-state index in [0.717, 1.165) is 18.5 Å². The standard InChI is InChI=1S/C16H19N3O3/c1-2-3-9-13(16(21)22)18-15(20)14-10-17-11-19(14)12-7-5-4-6-8-12/h4-8,10-11,13H,2-3,9H2,1H3,(H,18,20)(H,21,22). The van der Waals surface area contributed by atoms with Crippen LogP contribution in [-0.4, -0.2) is 32.6 Å². The minimum Gasteiger partial charge on any atom is -0.480 e. The Bertz CT molecular complexity index is 637. The molecule has 0 radical (unpaired) electrons. The Labute approximate surface area is 128 Å². The number of carbonyl (C=O) groups excluding carboxylic acids is 1. The largest absolute Gasteiger partial charge is 0.480 e. The summed E-state index contributed by atoms with van der Waals surface area (Å²) >= 11 is 0. The van der Waals surface area contributed by atoms with Crippen LogP contribution in [0.15, 0.2) is 42.9 Å². The first kappa shape index (κ1) is 15.8. The lowest BCUT2D eigenvalue weighted by molar-refractivity contribution is -0.139. The molecule has 0 fully saturated rings. The van der Waals surface area contributed by atoms with Gasteiger partial charge in [-0.3, -0.25) is 9.36 Å². The van der Waals surface area contributed by atoms with Crippen molar-refractivity contribution < 1.29 is 14.7 Å². The summed E-state index contributed by atoms with van der Waals surface area (Å²) in [7, 11) is 0. The van der Waals surface area contributed by atoms with Crippen molar-refractivity contribution in [2.75, 3.05) is 0 Å². The number of nitrogens with zero attached hydrogens (tertiary/aromatic N) is 2. The van der Waals surface area contributed by atoms with Crippen LogP contribution < -0.4 is 5.32 Å². The molecular formula is C16H19N3O3. The van der Waals surface area contributed by atoms with Gasteiger partial charge < -0.3 is 10.4 Å². The lowest BCUT2D eigenvalue weighted by Crippen LogP contribution is -2.41. The Morgan fingerprint density at radius 3 is 2.68 bits per heavy atom. The number of aliphatic carboxylic acids is 1. The molecule has 1 heterocycles. The molecule has 6 nitrogen and oxygen atoms in total. The average Bonchev–Trinajstić information content (AvgIpc) is 3.01. The molecule has 22 heavy (non-hydrogen) atoms. The summed E-state index contributed by atoms with van der Waals surface area (Å²) in [5.41, 5.74) is 1.11. The fraction of sp³-hybridized carbons (Fsp3) is 0.312. The van der Waals surface area contributed by atoms with Crippen LogP contribution in [0.3, 0.4) is 0 Å². The van der Waals surface area contributed by atoms with Crippen molar-refractivity contribution in [1.82, 2.24) is 14.9 Å². The molecule has 2 rings (SSSR count). The van der Waals surface area contributed by atoms with E-state index in [-0.39, 0.29) is 0 Å². The molecule has 2 aromatic rings. The predicted molar refractivity (Wildman–Crippen MR) is 82.0 cm³/mol. The number of para-hydroxylation sites is 1. The zero-order valence-corrected chi connectivity index (χ0v) is 12.4. The molecule has 116 valence electrons. The second kappa shape index (κ2) is 7.40. The number of nitrogens with one attached hydrogen (secondary N) is 1. The Morgan fingerprint density at radius 1 is 1.32 bits per heavy atom. The fourth-order valence-corrected chi connectivity index (χ4v) is 2.16. The third-order valence-corrected chi connectivity index (χ3v) is 3.36. The van der Waals surface area contributed by atoms with Gasteiger partial charge in [0.15, 0.2) is 0 Å². The first-order valence-corrected chi connectivity index (χ1v) is 7.25. The summed E-state index contributed by atoms with van der Waals surface area (Å²) in [5.74, 6) is -1.46. The molecule has 1 amide bonds. The molecular weight excluding hydrogens is 282 g/mol. The van der Waals surface area contributed by atoms with Crippen molar-refractivity contribution in [3.05, 3.63) is 48.5 Å². The minimum absolute atomic E-state index is 0.314. The van der Waals surface area contributed by atoms with Gasteiger partial charge in [-0.2, -0.15) is 0 Å². The van der Waals surface area contributed by atoms with Gasteiger partial charge in [0.1, 0.15) is 11.7 Å². The third-order valence-electron chi connectivity index (χ3n) is 3.36. The van der Waals surface area contributed by atoms with Gasteiger partial charge in [-0.25, -0.2) is 9.78 Å². The first-order chi connectivity index (χ1) is 10.6. The lowest BCUT2D eigenvalue weighted by Gasteiger charge is -2.15. The number of aromatic nitrogens is 2. The van der Waals surface area contributed by atoms with Crippen LogP contribution in [0.1, 0.15) is 36.7 Å². The molecule has 0 bridgehead atoms.